The van der Waals surface area contributed by atoms with Gasteiger partial charge >= 0.3 is 6.18 Å². The lowest BCUT2D eigenvalue weighted by atomic mass is 9.69. The molecular formula is C26H30ClF3O7. The molecular weight excluding hydrogens is 517 g/mol. The smallest absolute Gasteiger partial charge is 0.397 e. The molecule has 0 aromatic heterocycles. The van der Waals surface area contributed by atoms with Crippen LogP contribution in [-0.2, 0) is 21.7 Å². The van der Waals surface area contributed by atoms with E-state index in [9.17, 15) is 33.6 Å². The summed E-state index contributed by atoms with van der Waals surface area (Å²) < 4.78 is 56.8. The molecule has 204 valence electrons. The lowest BCUT2D eigenvalue weighted by Gasteiger charge is -2.47. The van der Waals surface area contributed by atoms with Gasteiger partial charge in [0.1, 0.15) is 36.8 Å². The second kappa shape index (κ2) is 10.7. The van der Waals surface area contributed by atoms with Crippen molar-refractivity contribution in [1.82, 2.24) is 0 Å². The predicted molar refractivity (Wildman–Crippen MR) is 127 cm³/mol. The van der Waals surface area contributed by atoms with Crippen molar-refractivity contribution in [3.63, 3.8) is 0 Å². The monoisotopic (exact) mass is 546 g/mol. The summed E-state index contributed by atoms with van der Waals surface area (Å²) in [5.74, 6) is -1.54. The third kappa shape index (κ3) is 5.21. The molecule has 37 heavy (non-hydrogen) atoms. The SMILES string of the molecule is COC1(c2ccc(Cl)c(Cc3ccc(OCC4(C(F)(F)F)CCC4)cc3)c2)O[C@H](CO)[C@@H](O)[C@H](O)[C@H]1O. The molecule has 0 radical (unpaired) electrons. The van der Waals surface area contributed by atoms with Crippen LogP contribution in [0.15, 0.2) is 42.5 Å². The Morgan fingerprint density at radius 1 is 1.05 bits per heavy atom. The summed E-state index contributed by atoms with van der Waals surface area (Å²) in [4.78, 5) is 0. The Balaban J connectivity index is 1.51. The molecule has 4 N–H and O–H groups in total. The Hall–Kier alpha value is -1.92. The average Bonchev–Trinajstić information content (AvgIpc) is 2.84. The highest BCUT2D eigenvalue weighted by Crippen LogP contribution is 2.53. The van der Waals surface area contributed by atoms with Gasteiger partial charge in [-0.1, -0.05) is 36.2 Å². The maximum Gasteiger partial charge on any atom is 0.397 e. The number of hydrogen-bond acceptors (Lipinski definition) is 7. The van der Waals surface area contributed by atoms with E-state index in [1.54, 1.807) is 42.5 Å². The van der Waals surface area contributed by atoms with Gasteiger partial charge in [0.2, 0.25) is 5.79 Å². The molecule has 0 spiro atoms. The van der Waals surface area contributed by atoms with Crippen molar-refractivity contribution in [2.45, 2.75) is 62.1 Å². The molecule has 2 aliphatic rings. The summed E-state index contributed by atoms with van der Waals surface area (Å²) in [6.07, 6.45) is -9.34. The third-order valence-corrected chi connectivity index (χ3v) is 7.82. The van der Waals surface area contributed by atoms with Crippen LogP contribution >= 0.6 is 11.6 Å². The number of benzene rings is 2. The molecule has 7 nitrogen and oxygen atoms in total. The van der Waals surface area contributed by atoms with Crippen LogP contribution in [0.5, 0.6) is 5.75 Å². The molecule has 0 amide bonds. The molecule has 1 aliphatic carbocycles. The molecule has 0 bridgehead atoms. The van der Waals surface area contributed by atoms with Crippen LogP contribution in [0.4, 0.5) is 13.2 Å². The molecule has 11 heteroatoms. The van der Waals surface area contributed by atoms with Crippen LogP contribution in [0.25, 0.3) is 0 Å². The number of halogens is 4. The Morgan fingerprint density at radius 3 is 2.27 bits per heavy atom. The minimum Gasteiger partial charge on any atom is -0.493 e. The van der Waals surface area contributed by atoms with E-state index >= 15 is 0 Å². The second-order valence-electron chi connectivity index (χ2n) is 9.68. The van der Waals surface area contributed by atoms with Crippen LogP contribution in [0.3, 0.4) is 0 Å². The second-order valence-corrected chi connectivity index (χ2v) is 10.1. The van der Waals surface area contributed by atoms with Crippen molar-refractivity contribution in [1.29, 1.82) is 0 Å². The summed E-state index contributed by atoms with van der Waals surface area (Å²) in [6, 6.07) is 11.4. The van der Waals surface area contributed by atoms with Gasteiger partial charge in [-0.05, 0) is 54.7 Å². The van der Waals surface area contributed by atoms with Crippen molar-refractivity contribution in [3.05, 3.63) is 64.2 Å². The van der Waals surface area contributed by atoms with E-state index in [0.717, 1.165) is 5.56 Å². The predicted octanol–water partition coefficient (Wildman–Crippen LogP) is 3.32. The first-order valence-electron chi connectivity index (χ1n) is 11.9. The number of hydrogen-bond donors (Lipinski definition) is 4. The Labute approximate surface area is 217 Å². The zero-order valence-electron chi connectivity index (χ0n) is 20.1. The van der Waals surface area contributed by atoms with Crippen molar-refractivity contribution < 1.29 is 47.8 Å². The van der Waals surface area contributed by atoms with Crippen LogP contribution in [0.1, 0.15) is 36.0 Å². The molecule has 1 saturated carbocycles. The van der Waals surface area contributed by atoms with E-state index in [-0.39, 0.29) is 12.8 Å². The zero-order valence-corrected chi connectivity index (χ0v) is 20.9. The fourth-order valence-corrected chi connectivity index (χ4v) is 5.04. The van der Waals surface area contributed by atoms with Gasteiger partial charge in [-0.15, -0.1) is 0 Å². The van der Waals surface area contributed by atoms with Crippen LogP contribution in [-0.4, -0.2) is 71.3 Å². The van der Waals surface area contributed by atoms with Gasteiger partial charge in [-0.3, -0.25) is 0 Å². The lowest BCUT2D eigenvalue weighted by Crippen LogP contribution is -2.64. The number of ether oxygens (including phenoxy) is 3. The van der Waals surface area contributed by atoms with Gasteiger partial charge in [0.05, 0.1) is 12.0 Å². The summed E-state index contributed by atoms with van der Waals surface area (Å²) in [5.41, 5.74) is -0.0572. The summed E-state index contributed by atoms with van der Waals surface area (Å²) in [6.45, 7) is -1.03. The van der Waals surface area contributed by atoms with E-state index in [2.05, 4.69) is 0 Å². The van der Waals surface area contributed by atoms with Crippen molar-refractivity contribution >= 4 is 11.6 Å². The van der Waals surface area contributed by atoms with E-state index in [4.69, 9.17) is 25.8 Å². The van der Waals surface area contributed by atoms with Gasteiger partial charge in [0, 0.05) is 17.7 Å². The first kappa shape index (κ1) is 28.1. The van der Waals surface area contributed by atoms with Gasteiger partial charge < -0.3 is 34.6 Å². The molecule has 2 aromatic rings. The van der Waals surface area contributed by atoms with Crippen LogP contribution in [0, 0.1) is 5.41 Å². The molecule has 5 atom stereocenters. The molecule has 2 fully saturated rings. The van der Waals surface area contributed by atoms with Crippen molar-refractivity contribution in [3.8, 4) is 5.75 Å². The molecule has 1 unspecified atom stereocenters. The minimum absolute atomic E-state index is 0.0693. The zero-order chi connectivity index (χ0) is 27.0. The molecule has 4 rings (SSSR count). The number of rotatable bonds is 8. The van der Waals surface area contributed by atoms with E-state index in [0.29, 0.717) is 34.7 Å². The quantitative estimate of drug-likeness (QED) is 0.402. The Morgan fingerprint density at radius 2 is 1.73 bits per heavy atom. The largest absolute Gasteiger partial charge is 0.493 e. The maximum atomic E-state index is 13.4. The fourth-order valence-electron chi connectivity index (χ4n) is 4.85. The number of aliphatic hydroxyl groups is 4. The van der Waals surface area contributed by atoms with Gasteiger partial charge in [0.15, 0.2) is 0 Å². The number of methoxy groups -OCH3 is 1. The minimum atomic E-state index is -4.30. The van der Waals surface area contributed by atoms with Crippen LogP contribution in [0.2, 0.25) is 5.02 Å². The number of aliphatic hydroxyl groups excluding tert-OH is 4. The summed E-state index contributed by atoms with van der Waals surface area (Å²) >= 11 is 6.41. The van der Waals surface area contributed by atoms with E-state index in [1.807, 2.05) is 0 Å². The molecule has 1 heterocycles. The normalized spacial score (nSPS) is 29.5. The van der Waals surface area contributed by atoms with E-state index < -0.39 is 55.0 Å². The van der Waals surface area contributed by atoms with Gasteiger partial charge in [0.25, 0.3) is 0 Å². The first-order valence-corrected chi connectivity index (χ1v) is 12.3. The molecule has 2 aromatic carbocycles. The average molecular weight is 547 g/mol. The lowest BCUT2D eigenvalue weighted by molar-refractivity contribution is -0.366. The Bertz CT molecular complexity index is 1070. The van der Waals surface area contributed by atoms with Crippen molar-refractivity contribution in [2.24, 2.45) is 5.41 Å². The highest BCUT2D eigenvalue weighted by Gasteiger charge is 2.59. The highest BCUT2D eigenvalue weighted by molar-refractivity contribution is 6.31. The van der Waals surface area contributed by atoms with Crippen molar-refractivity contribution in [2.75, 3.05) is 20.3 Å². The molecule has 1 aliphatic heterocycles. The fraction of sp³-hybridized carbons (Fsp3) is 0.538. The van der Waals surface area contributed by atoms with Gasteiger partial charge in [-0.25, -0.2) is 0 Å². The standard InChI is InChI=1S/C26H30ClF3O7/c1-35-25(23(34)22(33)21(32)20(13-31)37-25)17-5-8-19(27)16(12-17)11-15-3-6-18(7-4-15)36-14-24(9-2-10-24)26(28,29)30/h3-8,12,20-23,31-34H,2,9-11,13-14H2,1H3/t20-,21-,22+,23-,25?/m1/s1. The number of alkyl halides is 3. The topological polar surface area (TPSA) is 109 Å². The summed E-state index contributed by atoms with van der Waals surface area (Å²) in [7, 11) is 1.27. The Kier molecular flexibility index (Phi) is 8.11. The first-order chi connectivity index (χ1) is 17.5. The van der Waals surface area contributed by atoms with E-state index in [1.165, 1.54) is 7.11 Å². The third-order valence-electron chi connectivity index (χ3n) is 7.45. The van der Waals surface area contributed by atoms with Gasteiger partial charge in [-0.2, -0.15) is 13.2 Å². The maximum absolute atomic E-state index is 13.4. The molecule has 1 saturated heterocycles. The highest BCUT2D eigenvalue weighted by atomic mass is 35.5. The van der Waals surface area contributed by atoms with Crippen LogP contribution < -0.4 is 4.74 Å². The summed E-state index contributed by atoms with van der Waals surface area (Å²) in [5, 5.41) is 41.2.